The number of rotatable bonds is 4. The second-order valence-electron chi connectivity index (χ2n) is 5.65. The van der Waals surface area contributed by atoms with Crippen LogP contribution in [0.5, 0.6) is 5.75 Å². The van der Waals surface area contributed by atoms with Gasteiger partial charge in [-0.25, -0.2) is 4.79 Å². The van der Waals surface area contributed by atoms with Gasteiger partial charge < -0.3 is 15.8 Å². The normalized spacial score (nSPS) is 11.3. The third kappa shape index (κ3) is 3.19. The molecule has 0 bridgehead atoms. The minimum absolute atomic E-state index is 0.247. The Hall–Kier alpha value is -1.71. The molecule has 4 nitrogen and oxygen atoms in total. The van der Waals surface area contributed by atoms with Gasteiger partial charge in [0.2, 0.25) is 0 Å². The van der Waals surface area contributed by atoms with Crippen molar-refractivity contribution in [2.75, 3.05) is 13.7 Å². The zero-order valence-electron chi connectivity index (χ0n) is 12.7. The minimum Gasteiger partial charge on any atom is -0.496 e. The highest BCUT2D eigenvalue weighted by Gasteiger charge is 2.28. The predicted octanol–water partition coefficient (Wildman–Crippen LogP) is 2.57. The van der Waals surface area contributed by atoms with Gasteiger partial charge in [0.1, 0.15) is 5.75 Å². The van der Waals surface area contributed by atoms with E-state index in [1.54, 1.807) is 7.11 Å². The summed E-state index contributed by atoms with van der Waals surface area (Å²) in [6, 6.07) is 1.65. The molecule has 0 aromatic heterocycles. The Bertz CT molecular complexity index is 493. The van der Waals surface area contributed by atoms with Gasteiger partial charge >= 0.3 is 6.03 Å². The molecule has 0 heterocycles. The molecule has 0 spiro atoms. The average Bonchev–Trinajstić information content (AvgIpc) is 2.30. The number of aryl methyl sites for hydroxylation is 2. The molecule has 0 unspecified atom stereocenters. The molecular formula is C15H24N2O2. The van der Waals surface area contributed by atoms with E-state index in [9.17, 15) is 4.79 Å². The molecular weight excluding hydrogens is 240 g/mol. The molecule has 1 aromatic rings. The van der Waals surface area contributed by atoms with E-state index in [0.717, 1.165) is 22.4 Å². The lowest BCUT2D eigenvalue weighted by atomic mass is 9.79. The maximum Gasteiger partial charge on any atom is 0.312 e. The summed E-state index contributed by atoms with van der Waals surface area (Å²) in [4.78, 5) is 10.9. The molecule has 0 saturated heterocycles. The Labute approximate surface area is 115 Å². The Morgan fingerprint density at radius 1 is 1.32 bits per heavy atom. The summed E-state index contributed by atoms with van der Waals surface area (Å²) in [5.74, 6) is 0.897. The maximum absolute atomic E-state index is 10.9. The summed E-state index contributed by atoms with van der Waals surface area (Å²) in [6.07, 6.45) is 0. The van der Waals surface area contributed by atoms with E-state index < -0.39 is 6.03 Å². The number of hydrogen-bond acceptors (Lipinski definition) is 2. The highest BCUT2D eigenvalue weighted by atomic mass is 16.5. The van der Waals surface area contributed by atoms with Gasteiger partial charge in [-0.2, -0.15) is 0 Å². The number of nitrogens with one attached hydrogen (secondary N) is 1. The van der Waals surface area contributed by atoms with Crippen molar-refractivity contribution in [2.24, 2.45) is 5.73 Å². The number of nitrogens with two attached hydrogens (primary N) is 1. The molecule has 4 heteroatoms. The maximum atomic E-state index is 10.9. The molecule has 3 N–H and O–H groups in total. The fourth-order valence-electron chi connectivity index (χ4n) is 2.54. The largest absolute Gasteiger partial charge is 0.496 e. The van der Waals surface area contributed by atoms with E-state index in [4.69, 9.17) is 10.5 Å². The van der Waals surface area contributed by atoms with Gasteiger partial charge in [0.15, 0.2) is 0 Å². The second kappa shape index (κ2) is 5.51. The molecule has 0 saturated carbocycles. The summed E-state index contributed by atoms with van der Waals surface area (Å²) >= 11 is 0. The topological polar surface area (TPSA) is 64.3 Å². The van der Waals surface area contributed by atoms with Gasteiger partial charge in [0.25, 0.3) is 0 Å². The highest BCUT2D eigenvalue weighted by molar-refractivity contribution is 5.71. The molecule has 0 aliphatic carbocycles. The van der Waals surface area contributed by atoms with Crippen LogP contribution in [0, 0.1) is 20.8 Å². The molecule has 0 fully saturated rings. The highest BCUT2D eigenvalue weighted by Crippen LogP contribution is 2.37. The fraction of sp³-hybridized carbons (Fsp3) is 0.533. The molecule has 106 valence electrons. The Morgan fingerprint density at radius 3 is 2.37 bits per heavy atom. The molecule has 19 heavy (non-hydrogen) atoms. The van der Waals surface area contributed by atoms with Crippen molar-refractivity contribution >= 4 is 6.03 Å². The van der Waals surface area contributed by atoms with E-state index in [1.807, 2.05) is 0 Å². The summed E-state index contributed by atoms with van der Waals surface area (Å²) in [7, 11) is 1.68. The monoisotopic (exact) mass is 264 g/mol. The number of ether oxygens (including phenoxy) is 1. The summed E-state index contributed by atoms with van der Waals surface area (Å²) in [5, 5.41) is 2.68. The van der Waals surface area contributed by atoms with Crippen LogP contribution in [0.1, 0.15) is 36.1 Å². The quantitative estimate of drug-likeness (QED) is 0.877. The zero-order chi connectivity index (χ0) is 14.8. The van der Waals surface area contributed by atoms with Gasteiger partial charge in [0, 0.05) is 17.5 Å². The van der Waals surface area contributed by atoms with Crippen LogP contribution in [-0.2, 0) is 5.41 Å². The predicted molar refractivity (Wildman–Crippen MR) is 77.8 cm³/mol. The van der Waals surface area contributed by atoms with Crippen molar-refractivity contribution < 1.29 is 9.53 Å². The van der Waals surface area contributed by atoms with E-state index in [1.165, 1.54) is 5.56 Å². The number of carbonyl (C=O) groups excluding carboxylic acids is 1. The van der Waals surface area contributed by atoms with E-state index in [-0.39, 0.29) is 5.41 Å². The van der Waals surface area contributed by atoms with Gasteiger partial charge in [-0.15, -0.1) is 0 Å². The van der Waals surface area contributed by atoms with Crippen LogP contribution in [0.2, 0.25) is 0 Å². The van der Waals surface area contributed by atoms with E-state index in [2.05, 4.69) is 46.0 Å². The molecule has 0 radical (unpaired) electrons. The molecule has 2 amide bonds. The third-order valence-electron chi connectivity index (χ3n) is 3.57. The van der Waals surface area contributed by atoms with Crippen molar-refractivity contribution in [3.63, 3.8) is 0 Å². The summed E-state index contributed by atoms with van der Waals surface area (Å²) in [6.45, 7) is 10.8. The van der Waals surface area contributed by atoms with E-state index in [0.29, 0.717) is 6.54 Å². The lowest BCUT2D eigenvalue weighted by Gasteiger charge is -2.30. The first kappa shape index (κ1) is 15.3. The Morgan fingerprint density at radius 2 is 1.89 bits per heavy atom. The van der Waals surface area contributed by atoms with Gasteiger partial charge in [-0.3, -0.25) is 0 Å². The molecule has 0 atom stereocenters. The molecule has 0 aliphatic rings. The van der Waals surface area contributed by atoms with Crippen LogP contribution in [0.25, 0.3) is 0 Å². The van der Waals surface area contributed by atoms with Crippen molar-refractivity contribution in [3.8, 4) is 5.75 Å². The van der Waals surface area contributed by atoms with E-state index >= 15 is 0 Å². The zero-order valence-corrected chi connectivity index (χ0v) is 12.7. The third-order valence-corrected chi connectivity index (χ3v) is 3.57. The number of urea groups is 1. The van der Waals surface area contributed by atoms with Crippen LogP contribution in [-0.4, -0.2) is 19.7 Å². The molecule has 0 aliphatic heterocycles. The fourth-order valence-corrected chi connectivity index (χ4v) is 2.54. The average molecular weight is 264 g/mol. The first-order chi connectivity index (χ1) is 8.70. The lowest BCUT2D eigenvalue weighted by molar-refractivity contribution is 0.246. The van der Waals surface area contributed by atoms with Crippen LogP contribution in [0.4, 0.5) is 4.79 Å². The van der Waals surface area contributed by atoms with Crippen LogP contribution < -0.4 is 15.8 Å². The number of benzene rings is 1. The van der Waals surface area contributed by atoms with Gasteiger partial charge in [-0.1, -0.05) is 19.9 Å². The number of primary amides is 1. The summed E-state index contributed by atoms with van der Waals surface area (Å²) in [5.41, 5.74) is 9.53. The first-order valence-corrected chi connectivity index (χ1v) is 6.39. The van der Waals surface area contributed by atoms with Gasteiger partial charge in [0.05, 0.1) is 7.11 Å². The lowest BCUT2D eigenvalue weighted by Crippen LogP contribution is -2.40. The van der Waals surface area contributed by atoms with Crippen molar-refractivity contribution in [3.05, 3.63) is 28.3 Å². The van der Waals surface area contributed by atoms with Crippen molar-refractivity contribution in [2.45, 2.75) is 40.0 Å². The number of methoxy groups -OCH3 is 1. The smallest absolute Gasteiger partial charge is 0.312 e. The van der Waals surface area contributed by atoms with Gasteiger partial charge in [-0.05, 0) is 37.5 Å². The first-order valence-electron chi connectivity index (χ1n) is 6.39. The molecule has 1 aromatic carbocycles. The SMILES string of the molecule is COc1c(C)c(C)cc(C)c1C(C)(C)CNC(N)=O. The van der Waals surface area contributed by atoms with Crippen molar-refractivity contribution in [1.82, 2.24) is 5.32 Å². The number of hydrogen-bond donors (Lipinski definition) is 2. The minimum atomic E-state index is -0.506. The van der Waals surface area contributed by atoms with Crippen molar-refractivity contribution in [1.29, 1.82) is 0 Å². The Kier molecular flexibility index (Phi) is 4.45. The molecule has 1 rings (SSSR count). The van der Waals surface area contributed by atoms with Crippen LogP contribution in [0.3, 0.4) is 0 Å². The second-order valence-corrected chi connectivity index (χ2v) is 5.65. The standard InChI is InChI=1S/C15H24N2O2/c1-9-7-10(2)12(13(19-6)11(9)3)15(4,5)8-17-14(16)18/h7H,8H2,1-6H3,(H3,16,17,18). The number of carbonyl (C=O) groups is 1. The summed E-state index contributed by atoms with van der Waals surface area (Å²) < 4.78 is 5.59. The number of amides is 2. The van der Waals surface area contributed by atoms with Crippen LogP contribution >= 0.6 is 0 Å². The van der Waals surface area contributed by atoms with Crippen LogP contribution in [0.15, 0.2) is 6.07 Å². The Balaban J connectivity index is 3.32.